The van der Waals surface area contributed by atoms with E-state index in [9.17, 15) is 13.2 Å². The third-order valence-corrected chi connectivity index (χ3v) is 6.34. The van der Waals surface area contributed by atoms with Gasteiger partial charge in [0, 0.05) is 17.1 Å². The predicted molar refractivity (Wildman–Crippen MR) is 108 cm³/mol. The summed E-state index contributed by atoms with van der Waals surface area (Å²) in [4.78, 5) is 12.8. The van der Waals surface area contributed by atoms with Crippen molar-refractivity contribution in [3.05, 3.63) is 39.9 Å². The number of carbonyl (C=O) groups is 1. The first-order chi connectivity index (χ1) is 13.0. The fourth-order valence-electron chi connectivity index (χ4n) is 2.90. The topological polar surface area (TPSA) is 109 Å². The maximum Gasteiger partial charge on any atom is 0.251 e. The molecule has 0 bridgehead atoms. The summed E-state index contributed by atoms with van der Waals surface area (Å²) < 4.78 is 30.2. The first-order valence-electron chi connectivity index (χ1n) is 9.06. The first-order valence-corrected chi connectivity index (χ1v) is 11.0. The summed E-state index contributed by atoms with van der Waals surface area (Å²) in [5.74, 6) is 0.304. The van der Waals surface area contributed by atoms with Gasteiger partial charge in [-0.05, 0) is 70.5 Å². The highest BCUT2D eigenvalue weighted by Crippen LogP contribution is 2.35. The van der Waals surface area contributed by atoms with E-state index < -0.39 is 15.6 Å². The number of rotatable bonds is 6. The molecular formula is C18H25N5O3S2. The van der Waals surface area contributed by atoms with Crippen LogP contribution in [-0.4, -0.2) is 34.6 Å². The maximum absolute atomic E-state index is 12.7. The van der Waals surface area contributed by atoms with Gasteiger partial charge in [0.2, 0.25) is 10.0 Å². The summed E-state index contributed by atoms with van der Waals surface area (Å²) in [7, 11) is -3.73. The molecule has 0 saturated heterocycles. The Bertz CT molecular complexity index is 1060. The van der Waals surface area contributed by atoms with Crippen molar-refractivity contribution < 1.29 is 13.2 Å². The maximum atomic E-state index is 12.7. The molecule has 1 heterocycles. The molecule has 1 saturated carbocycles. The van der Waals surface area contributed by atoms with Crippen LogP contribution in [0.4, 0.5) is 0 Å². The van der Waals surface area contributed by atoms with Crippen LogP contribution in [-0.2, 0) is 16.6 Å². The van der Waals surface area contributed by atoms with Gasteiger partial charge >= 0.3 is 0 Å². The van der Waals surface area contributed by atoms with Crippen LogP contribution >= 0.6 is 12.2 Å². The van der Waals surface area contributed by atoms with Crippen LogP contribution in [0.25, 0.3) is 0 Å². The zero-order valence-corrected chi connectivity index (χ0v) is 18.0. The Hall–Kier alpha value is -2.04. The Morgan fingerprint density at radius 3 is 2.64 bits per heavy atom. The molecule has 3 N–H and O–H groups in total. The number of aromatic nitrogens is 3. The molecule has 10 heteroatoms. The molecule has 1 aliphatic rings. The number of hydrogen-bond acceptors (Lipinski definition) is 5. The Balaban J connectivity index is 1.79. The highest BCUT2D eigenvalue weighted by molar-refractivity contribution is 7.89. The van der Waals surface area contributed by atoms with Crippen LogP contribution in [0.5, 0.6) is 0 Å². The lowest BCUT2D eigenvalue weighted by Gasteiger charge is -2.20. The molecule has 28 heavy (non-hydrogen) atoms. The fourth-order valence-corrected chi connectivity index (χ4v) is 4.65. The average Bonchev–Trinajstić information content (AvgIpc) is 3.33. The van der Waals surface area contributed by atoms with E-state index in [1.165, 1.54) is 12.1 Å². The third-order valence-electron chi connectivity index (χ3n) is 4.30. The van der Waals surface area contributed by atoms with Crippen LogP contribution in [0.15, 0.2) is 23.1 Å². The lowest BCUT2D eigenvalue weighted by atomic mass is 10.1. The molecule has 1 aliphatic carbocycles. The number of H-pyrrole nitrogens is 1. The molecule has 152 valence electrons. The number of hydrogen-bond donors (Lipinski definition) is 3. The van der Waals surface area contributed by atoms with Crippen LogP contribution in [0.1, 0.15) is 61.4 Å². The van der Waals surface area contributed by atoms with E-state index in [4.69, 9.17) is 12.2 Å². The van der Waals surface area contributed by atoms with Crippen molar-refractivity contribution in [1.82, 2.24) is 24.8 Å². The summed E-state index contributed by atoms with van der Waals surface area (Å²) >= 11 is 5.24. The van der Waals surface area contributed by atoms with Gasteiger partial charge in [-0.1, -0.05) is 6.07 Å². The van der Waals surface area contributed by atoms with E-state index in [2.05, 4.69) is 20.2 Å². The Morgan fingerprint density at radius 2 is 2.04 bits per heavy atom. The van der Waals surface area contributed by atoms with Crippen molar-refractivity contribution in [2.75, 3.05) is 0 Å². The Labute approximate surface area is 169 Å². The number of nitrogens with zero attached hydrogens (tertiary/aromatic N) is 2. The number of benzene rings is 1. The smallest absolute Gasteiger partial charge is 0.251 e. The van der Waals surface area contributed by atoms with Crippen molar-refractivity contribution in [1.29, 1.82) is 0 Å². The number of aryl methyl sites for hydroxylation is 1. The molecule has 8 nitrogen and oxygen atoms in total. The molecule has 0 atom stereocenters. The Morgan fingerprint density at radius 1 is 1.36 bits per heavy atom. The van der Waals surface area contributed by atoms with Gasteiger partial charge in [0.1, 0.15) is 0 Å². The molecular weight excluding hydrogens is 398 g/mol. The normalized spacial score (nSPS) is 14.9. The van der Waals surface area contributed by atoms with Crippen molar-refractivity contribution in [3.8, 4) is 0 Å². The van der Waals surface area contributed by atoms with Gasteiger partial charge < -0.3 is 5.32 Å². The number of nitrogens with one attached hydrogen (secondary N) is 3. The predicted octanol–water partition coefficient (Wildman–Crippen LogP) is 2.59. The zero-order valence-electron chi connectivity index (χ0n) is 16.4. The van der Waals surface area contributed by atoms with Crippen LogP contribution in [0, 0.1) is 11.7 Å². The molecule has 1 aromatic carbocycles. The zero-order chi connectivity index (χ0) is 20.7. The molecule has 1 aromatic heterocycles. The largest absolute Gasteiger partial charge is 0.345 e. The van der Waals surface area contributed by atoms with Gasteiger partial charge in [-0.15, -0.1) is 0 Å². The second-order valence-corrected chi connectivity index (χ2v) is 10.1. The SMILES string of the molecule is Cc1ccc(S(=O)(=O)NC(C)(C)C)cc1C(=O)NCc1n[nH]c(=S)n1C1CC1. The molecule has 2 aromatic rings. The van der Waals surface area contributed by atoms with E-state index in [1.807, 2.05) is 4.57 Å². The summed E-state index contributed by atoms with van der Waals surface area (Å²) in [5, 5.41) is 9.76. The molecule has 1 amide bonds. The summed E-state index contributed by atoms with van der Waals surface area (Å²) in [6.07, 6.45) is 2.10. The van der Waals surface area contributed by atoms with Crippen molar-refractivity contribution in [3.63, 3.8) is 0 Å². The number of sulfonamides is 1. The van der Waals surface area contributed by atoms with E-state index in [0.717, 1.165) is 12.8 Å². The Kier molecular flexibility index (Phi) is 5.48. The van der Waals surface area contributed by atoms with Crippen molar-refractivity contribution in [2.24, 2.45) is 0 Å². The van der Waals surface area contributed by atoms with Crippen molar-refractivity contribution >= 4 is 28.1 Å². The highest BCUT2D eigenvalue weighted by Gasteiger charge is 2.27. The molecule has 1 fully saturated rings. The van der Waals surface area contributed by atoms with Gasteiger partial charge in [-0.2, -0.15) is 5.10 Å². The lowest BCUT2D eigenvalue weighted by molar-refractivity contribution is 0.0948. The second kappa shape index (κ2) is 7.41. The van der Waals surface area contributed by atoms with Gasteiger partial charge in [0.25, 0.3) is 5.91 Å². The summed E-state index contributed by atoms with van der Waals surface area (Å²) in [6, 6.07) is 4.87. The lowest BCUT2D eigenvalue weighted by Crippen LogP contribution is -2.40. The molecule has 0 unspecified atom stereocenters. The number of amides is 1. The van der Waals surface area contributed by atoms with E-state index >= 15 is 0 Å². The highest BCUT2D eigenvalue weighted by atomic mass is 32.2. The standard InChI is InChI=1S/C18H25N5O3S2/c1-11-5-8-13(28(25,26)22-18(2,3)4)9-14(11)16(24)19-10-15-20-21-17(27)23(15)12-6-7-12/h5,8-9,12,22H,6-7,10H2,1-4H3,(H,19,24)(H,21,27). The first kappa shape index (κ1) is 20.7. The quantitative estimate of drug-likeness (QED) is 0.619. The number of carbonyl (C=O) groups excluding carboxylic acids is 1. The van der Waals surface area contributed by atoms with Gasteiger partial charge in [0.05, 0.1) is 11.4 Å². The van der Waals surface area contributed by atoms with Crippen LogP contribution < -0.4 is 10.0 Å². The van der Waals surface area contributed by atoms with Gasteiger partial charge in [-0.3, -0.25) is 14.5 Å². The van der Waals surface area contributed by atoms with Crippen molar-refractivity contribution in [2.45, 2.75) is 63.6 Å². The molecule has 0 aliphatic heterocycles. The summed E-state index contributed by atoms with van der Waals surface area (Å²) in [6.45, 7) is 7.26. The van der Waals surface area contributed by atoms with E-state index in [0.29, 0.717) is 27.8 Å². The molecule has 0 spiro atoms. The minimum Gasteiger partial charge on any atom is -0.345 e. The molecule has 0 radical (unpaired) electrons. The van der Waals surface area contributed by atoms with Crippen LogP contribution in [0.2, 0.25) is 0 Å². The van der Waals surface area contributed by atoms with Crippen LogP contribution in [0.3, 0.4) is 0 Å². The fraction of sp³-hybridized carbons (Fsp3) is 0.500. The third kappa shape index (κ3) is 4.68. The minimum atomic E-state index is -3.73. The van der Waals surface area contributed by atoms with Gasteiger partial charge in [0.15, 0.2) is 10.6 Å². The molecule has 3 rings (SSSR count). The van der Waals surface area contributed by atoms with E-state index in [-0.39, 0.29) is 17.3 Å². The number of aromatic amines is 1. The van der Waals surface area contributed by atoms with E-state index in [1.54, 1.807) is 33.8 Å². The average molecular weight is 424 g/mol. The minimum absolute atomic E-state index is 0.0545. The summed E-state index contributed by atoms with van der Waals surface area (Å²) in [5.41, 5.74) is 0.377. The monoisotopic (exact) mass is 423 g/mol. The second-order valence-electron chi connectivity index (χ2n) is 8.06. The van der Waals surface area contributed by atoms with Gasteiger partial charge in [-0.25, -0.2) is 13.1 Å².